The van der Waals surface area contributed by atoms with Crippen molar-refractivity contribution in [1.29, 1.82) is 0 Å². The van der Waals surface area contributed by atoms with Crippen molar-refractivity contribution in [2.45, 2.75) is 37.4 Å². The van der Waals surface area contributed by atoms with Gasteiger partial charge in [-0.25, -0.2) is 9.78 Å². The van der Waals surface area contributed by atoms with Crippen LogP contribution in [0.1, 0.15) is 35.6 Å². The number of carbonyl (C=O) groups is 1. The van der Waals surface area contributed by atoms with Crippen molar-refractivity contribution >= 4 is 28.6 Å². The molecule has 39 heavy (non-hydrogen) atoms. The van der Waals surface area contributed by atoms with Crippen LogP contribution in [0.25, 0.3) is 10.9 Å². The first-order valence-corrected chi connectivity index (χ1v) is 13.9. The number of nitrogens with zero attached hydrogens (tertiary/aromatic N) is 2. The maximum Gasteiger partial charge on any atom is 0.407 e. The Hall–Kier alpha value is -3.61. The van der Waals surface area contributed by atoms with E-state index in [0.717, 1.165) is 66.3 Å². The summed E-state index contributed by atoms with van der Waals surface area (Å²) in [6.45, 7) is 3.79. The van der Waals surface area contributed by atoms with Crippen molar-refractivity contribution in [2.24, 2.45) is 0 Å². The number of nitrogens with one attached hydrogen (secondary N) is 1. The van der Waals surface area contributed by atoms with E-state index in [1.54, 1.807) is 0 Å². The third-order valence-electron chi connectivity index (χ3n) is 7.90. The zero-order chi connectivity index (χ0) is 26.7. The second-order valence-corrected chi connectivity index (χ2v) is 11.0. The Morgan fingerprint density at radius 3 is 2.49 bits per heavy atom. The summed E-state index contributed by atoms with van der Waals surface area (Å²) in [6, 6.07) is 28.8. The van der Waals surface area contributed by atoms with Crippen LogP contribution in [0.5, 0.6) is 5.75 Å². The van der Waals surface area contributed by atoms with Gasteiger partial charge in [0.05, 0.1) is 17.8 Å². The number of para-hydroxylation sites is 1. The van der Waals surface area contributed by atoms with Crippen molar-refractivity contribution < 1.29 is 14.3 Å². The first-order chi connectivity index (χ1) is 19.0. The molecule has 2 saturated heterocycles. The fourth-order valence-electron chi connectivity index (χ4n) is 5.61. The number of piperidine rings is 1. The van der Waals surface area contributed by atoms with Gasteiger partial charge in [-0.1, -0.05) is 60.1 Å². The minimum Gasteiger partial charge on any atom is -0.487 e. The van der Waals surface area contributed by atoms with Gasteiger partial charge in [-0.05, 0) is 53.9 Å². The number of carbonyl (C=O) groups excluding carboxylic acids is 1. The average Bonchev–Trinajstić information content (AvgIpc) is 3.33. The summed E-state index contributed by atoms with van der Waals surface area (Å²) in [7, 11) is 0. The number of pyridine rings is 1. The lowest BCUT2D eigenvalue weighted by atomic mass is 9.88. The van der Waals surface area contributed by atoms with Gasteiger partial charge in [0.15, 0.2) is 0 Å². The summed E-state index contributed by atoms with van der Waals surface area (Å²) < 4.78 is 11.7. The minimum atomic E-state index is -0.335. The molecule has 2 fully saturated rings. The average molecular weight is 542 g/mol. The quantitative estimate of drug-likeness (QED) is 0.281. The molecule has 1 aromatic heterocycles. The first kappa shape index (κ1) is 25.7. The first-order valence-electron chi connectivity index (χ1n) is 13.5. The molecule has 1 spiro atoms. The molecule has 1 amide bonds. The van der Waals surface area contributed by atoms with Crippen LogP contribution in [0.15, 0.2) is 84.9 Å². The topological polar surface area (TPSA) is 63.7 Å². The van der Waals surface area contributed by atoms with E-state index in [0.29, 0.717) is 19.1 Å². The molecule has 0 aliphatic carbocycles. The smallest absolute Gasteiger partial charge is 0.407 e. The molecule has 7 heteroatoms. The van der Waals surface area contributed by atoms with E-state index >= 15 is 0 Å². The molecule has 4 aromatic rings. The van der Waals surface area contributed by atoms with Crippen LogP contribution in [0, 0.1) is 0 Å². The van der Waals surface area contributed by atoms with Gasteiger partial charge in [0.25, 0.3) is 0 Å². The van der Waals surface area contributed by atoms with E-state index in [4.69, 9.17) is 26.1 Å². The van der Waals surface area contributed by atoms with Gasteiger partial charge in [-0.3, -0.25) is 0 Å². The minimum absolute atomic E-state index is 0.289. The zero-order valence-corrected chi connectivity index (χ0v) is 22.6. The molecule has 3 heterocycles. The molecule has 200 valence electrons. The predicted molar refractivity (Wildman–Crippen MR) is 153 cm³/mol. The van der Waals surface area contributed by atoms with Crippen molar-refractivity contribution in [3.8, 4) is 5.75 Å². The number of hydrogen-bond acceptors (Lipinski definition) is 5. The van der Waals surface area contributed by atoms with Crippen molar-refractivity contribution in [1.82, 2.24) is 15.2 Å². The van der Waals surface area contributed by atoms with Gasteiger partial charge < -0.3 is 19.7 Å². The van der Waals surface area contributed by atoms with E-state index < -0.39 is 0 Å². The van der Waals surface area contributed by atoms with E-state index in [-0.39, 0.29) is 11.7 Å². The molecule has 0 radical (unpaired) electrons. The van der Waals surface area contributed by atoms with E-state index in [1.807, 2.05) is 36.4 Å². The van der Waals surface area contributed by atoms with E-state index in [2.05, 4.69) is 58.7 Å². The second-order valence-electron chi connectivity index (χ2n) is 10.6. The molecule has 2 aliphatic rings. The highest BCUT2D eigenvalue weighted by molar-refractivity contribution is 6.30. The van der Waals surface area contributed by atoms with Gasteiger partial charge in [-0.15, -0.1) is 0 Å². The number of amides is 1. The van der Waals surface area contributed by atoms with Crippen molar-refractivity contribution in [2.75, 3.05) is 26.2 Å². The van der Waals surface area contributed by atoms with Crippen LogP contribution in [-0.4, -0.2) is 47.8 Å². The highest BCUT2D eigenvalue weighted by atomic mass is 35.5. The number of halogens is 1. The predicted octanol–water partition coefficient (Wildman–Crippen LogP) is 6.37. The highest BCUT2D eigenvalue weighted by Gasteiger charge is 2.43. The van der Waals surface area contributed by atoms with Gasteiger partial charge in [0, 0.05) is 48.8 Å². The van der Waals surface area contributed by atoms with Crippen molar-refractivity contribution in [3.63, 3.8) is 0 Å². The maximum atomic E-state index is 11.6. The van der Waals surface area contributed by atoms with Crippen LogP contribution in [-0.2, 0) is 17.8 Å². The Morgan fingerprint density at radius 2 is 1.74 bits per heavy atom. The Labute approximate surface area is 233 Å². The number of rotatable bonds is 8. The van der Waals surface area contributed by atoms with Gasteiger partial charge in [0.2, 0.25) is 0 Å². The van der Waals surface area contributed by atoms with Crippen LogP contribution in [0.2, 0.25) is 5.02 Å². The Bertz CT molecular complexity index is 1430. The molecule has 6 nitrogen and oxygen atoms in total. The third-order valence-corrected chi connectivity index (χ3v) is 8.15. The molecular weight excluding hydrogens is 510 g/mol. The number of aromatic nitrogens is 1. The lowest BCUT2D eigenvalue weighted by Crippen LogP contribution is -2.47. The molecule has 0 saturated carbocycles. The Balaban J connectivity index is 1.13. The summed E-state index contributed by atoms with van der Waals surface area (Å²) in [4.78, 5) is 18.8. The number of ether oxygens (including phenoxy) is 2. The number of likely N-dealkylation sites (tertiary alicyclic amines) is 1. The number of alkyl carbamates (subject to hydrolysis) is 1. The Kier molecular flexibility index (Phi) is 7.40. The Morgan fingerprint density at radius 1 is 0.974 bits per heavy atom. The standard InChI is InChI=1S/C32H32ClN3O3/c33-27-10-5-23(6-11-27)19-26(20-36-17-15-32(16-18-36)22-34-31(37)39-32)24-8-13-29(14-9-24)38-21-28-12-7-25-3-1-2-4-30(25)35-28/h1-14,26H,15-22H2,(H,34,37). The van der Waals surface area contributed by atoms with Crippen LogP contribution < -0.4 is 10.1 Å². The van der Waals surface area contributed by atoms with Crippen molar-refractivity contribution in [3.05, 3.63) is 107 Å². The van der Waals surface area contributed by atoms with Gasteiger partial charge >= 0.3 is 6.09 Å². The van der Waals surface area contributed by atoms with E-state index in [1.165, 1.54) is 11.1 Å². The van der Waals surface area contributed by atoms with Crippen LogP contribution >= 0.6 is 11.6 Å². The largest absolute Gasteiger partial charge is 0.487 e. The summed E-state index contributed by atoms with van der Waals surface area (Å²) in [5.41, 5.74) is 4.08. The normalized spacial score (nSPS) is 17.6. The third kappa shape index (κ3) is 6.18. The lowest BCUT2D eigenvalue weighted by molar-refractivity contribution is -0.000392. The molecule has 3 aromatic carbocycles. The summed E-state index contributed by atoms with van der Waals surface area (Å²) in [6.07, 6.45) is 2.34. The number of fused-ring (bicyclic) bond motifs is 1. The molecule has 1 unspecified atom stereocenters. The lowest BCUT2D eigenvalue weighted by Gasteiger charge is -2.38. The summed E-state index contributed by atoms with van der Waals surface area (Å²) >= 11 is 6.14. The molecule has 1 atom stereocenters. The van der Waals surface area contributed by atoms with Crippen LogP contribution in [0.4, 0.5) is 4.79 Å². The number of benzene rings is 3. The van der Waals surface area contributed by atoms with Gasteiger partial charge in [-0.2, -0.15) is 0 Å². The molecule has 6 rings (SSSR count). The monoisotopic (exact) mass is 541 g/mol. The molecular formula is C32H32ClN3O3. The molecule has 0 bridgehead atoms. The second kappa shape index (κ2) is 11.2. The summed E-state index contributed by atoms with van der Waals surface area (Å²) in [5, 5.41) is 4.70. The SMILES string of the molecule is O=C1NCC2(CCN(CC(Cc3ccc(Cl)cc3)c3ccc(OCc4ccc5ccccc5n4)cc3)CC2)O1. The van der Waals surface area contributed by atoms with Gasteiger partial charge in [0.1, 0.15) is 18.0 Å². The van der Waals surface area contributed by atoms with E-state index in [9.17, 15) is 4.79 Å². The van der Waals surface area contributed by atoms with Crippen LogP contribution in [0.3, 0.4) is 0 Å². The fraction of sp³-hybridized carbons (Fsp3) is 0.312. The highest BCUT2D eigenvalue weighted by Crippen LogP contribution is 2.32. The molecule has 1 N–H and O–H groups in total. The number of hydrogen-bond donors (Lipinski definition) is 1. The summed E-state index contributed by atoms with van der Waals surface area (Å²) in [5.74, 6) is 1.13. The fourth-order valence-corrected chi connectivity index (χ4v) is 5.74. The zero-order valence-electron chi connectivity index (χ0n) is 21.8. The molecule has 2 aliphatic heterocycles. The maximum absolute atomic E-state index is 11.6.